The van der Waals surface area contributed by atoms with Crippen LogP contribution in [0.25, 0.3) is 11.3 Å². The van der Waals surface area contributed by atoms with Gasteiger partial charge in [0.05, 0.1) is 37.0 Å². The fourth-order valence-corrected chi connectivity index (χ4v) is 3.55. The molecule has 1 N–H and O–H groups in total. The van der Waals surface area contributed by atoms with Gasteiger partial charge in [-0.3, -0.25) is 0 Å². The summed E-state index contributed by atoms with van der Waals surface area (Å²) in [6.07, 6.45) is 5.21. The van der Waals surface area contributed by atoms with Crippen LogP contribution < -0.4 is 0 Å². The van der Waals surface area contributed by atoms with E-state index in [0.29, 0.717) is 6.61 Å². The number of fused-ring (bicyclic) bond motifs is 3. The van der Waals surface area contributed by atoms with Gasteiger partial charge in [0, 0.05) is 18.1 Å². The summed E-state index contributed by atoms with van der Waals surface area (Å²) < 4.78 is 7.89. The summed E-state index contributed by atoms with van der Waals surface area (Å²) in [5.41, 5.74) is 3.65. The van der Waals surface area contributed by atoms with Gasteiger partial charge in [0.25, 0.3) is 0 Å². The van der Waals surface area contributed by atoms with Crippen LogP contribution in [0.3, 0.4) is 0 Å². The van der Waals surface area contributed by atoms with Gasteiger partial charge in [-0.2, -0.15) is 0 Å². The van der Waals surface area contributed by atoms with E-state index in [9.17, 15) is 5.11 Å². The summed E-state index contributed by atoms with van der Waals surface area (Å²) in [6.45, 7) is 1.36. The molecule has 0 bridgehead atoms. The lowest BCUT2D eigenvalue weighted by molar-refractivity contribution is 0.0395. The minimum atomic E-state index is -0.316. The standard InChI is InChI=1S/C16H18N2O2/c19-15-6-3-7-20-9-13(15)16-12-5-2-1-4-11(12)14-8-17-10-18(14)16/h1-2,4-5,8,10,13,15-16,19H,3,6-7,9H2/t13-,15+,16-/m1/s1. The second-order valence-electron chi connectivity index (χ2n) is 5.67. The van der Waals surface area contributed by atoms with Crippen LogP contribution in [0.4, 0.5) is 0 Å². The van der Waals surface area contributed by atoms with E-state index < -0.39 is 0 Å². The van der Waals surface area contributed by atoms with Crippen LogP contribution >= 0.6 is 0 Å². The molecular formula is C16H18N2O2. The topological polar surface area (TPSA) is 47.3 Å². The Bertz CT molecular complexity index is 622. The minimum absolute atomic E-state index is 0.0918. The highest BCUT2D eigenvalue weighted by molar-refractivity contribution is 5.69. The van der Waals surface area contributed by atoms with Crippen LogP contribution in [0.2, 0.25) is 0 Å². The van der Waals surface area contributed by atoms with Gasteiger partial charge in [-0.1, -0.05) is 24.3 Å². The monoisotopic (exact) mass is 270 g/mol. The summed E-state index contributed by atoms with van der Waals surface area (Å²) >= 11 is 0. The highest BCUT2D eigenvalue weighted by atomic mass is 16.5. The largest absolute Gasteiger partial charge is 0.393 e. The number of nitrogens with zero attached hydrogens (tertiary/aromatic N) is 2. The third-order valence-electron chi connectivity index (χ3n) is 4.52. The normalized spacial score (nSPS) is 28.8. The maximum Gasteiger partial charge on any atom is 0.0956 e. The Hall–Kier alpha value is -1.65. The Labute approximate surface area is 118 Å². The van der Waals surface area contributed by atoms with Crippen LogP contribution in [-0.4, -0.2) is 34.0 Å². The number of aliphatic hydroxyl groups excluding tert-OH is 1. The zero-order valence-electron chi connectivity index (χ0n) is 11.3. The second kappa shape index (κ2) is 4.72. The molecule has 20 heavy (non-hydrogen) atoms. The molecule has 4 heteroatoms. The number of aromatic nitrogens is 2. The highest BCUT2D eigenvalue weighted by Gasteiger charge is 2.38. The number of ether oxygens (including phenoxy) is 1. The number of rotatable bonds is 1. The average molecular weight is 270 g/mol. The first-order chi connectivity index (χ1) is 9.86. The highest BCUT2D eigenvalue weighted by Crippen LogP contribution is 2.44. The Morgan fingerprint density at radius 3 is 3.15 bits per heavy atom. The van der Waals surface area contributed by atoms with Gasteiger partial charge in [-0.25, -0.2) is 4.98 Å². The van der Waals surface area contributed by atoms with Crippen molar-refractivity contribution in [3.63, 3.8) is 0 Å². The third-order valence-corrected chi connectivity index (χ3v) is 4.52. The molecule has 0 saturated carbocycles. The molecule has 2 aromatic rings. The summed E-state index contributed by atoms with van der Waals surface area (Å²) in [5, 5.41) is 10.5. The zero-order chi connectivity index (χ0) is 13.5. The van der Waals surface area contributed by atoms with E-state index in [-0.39, 0.29) is 18.1 Å². The molecule has 2 aliphatic rings. The van der Waals surface area contributed by atoms with Crippen molar-refractivity contribution in [2.75, 3.05) is 13.2 Å². The van der Waals surface area contributed by atoms with Crippen molar-refractivity contribution in [2.45, 2.75) is 25.0 Å². The van der Waals surface area contributed by atoms with Gasteiger partial charge in [0.15, 0.2) is 0 Å². The molecule has 0 spiro atoms. The lowest BCUT2D eigenvalue weighted by Crippen LogP contribution is -2.31. The molecule has 0 aliphatic carbocycles. The van der Waals surface area contributed by atoms with Crippen molar-refractivity contribution in [3.8, 4) is 11.3 Å². The lowest BCUT2D eigenvalue weighted by atomic mass is 9.87. The Morgan fingerprint density at radius 1 is 1.30 bits per heavy atom. The van der Waals surface area contributed by atoms with Crippen molar-refractivity contribution in [2.24, 2.45) is 5.92 Å². The smallest absolute Gasteiger partial charge is 0.0956 e. The van der Waals surface area contributed by atoms with Gasteiger partial charge >= 0.3 is 0 Å². The summed E-state index contributed by atoms with van der Waals surface area (Å²) in [5.74, 6) is 0.0918. The van der Waals surface area contributed by atoms with E-state index in [1.165, 1.54) is 11.1 Å². The van der Waals surface area contributed by atoms with Gasteiger partial charge in [-0.05, 0) is 18.4 Å². The average Bonchev–Trinajstić information content (AvgIpc) is 2.97. The van der Waals surface area contributed by atoms with E-state index in [0.717, 1.165) is 25.1 Å². The van der Waals surface area contributed by atoms with Crippen LogP contribution in [0, 0.1) is 5.92 Å². The molecule has 0 amide bonds. The molecule has 0 radical (unpaired) electrons. The number of hydrogen-bond acceptors (Lipinski definition) is 3. The van der Waals surface area contributed by atoms with Crippen LogP contribution in [0.15, 0.2) is 36.8 Å². The fraction of sp³-hybridized carbons (Fsp3) is 0.438. The van der Waals surface area contributed by atoms with Crippen molar-refractivity contribution >= 4 is 0 Å². The summed E-state index contributed by atoms with van der Waals surface area (Å²) in [4.78, 5) is 4.28. The molecule has 4 nitrogen and oxygen atoms in total. The number of imidazole rings is 1. The molecule has 1 aromatic carbocycles. The summed E-state index contributed by atoms with van der Waals surface area (Å²) in [6, 6.07) is 8.54. The molecule has 4 rings (SSSR count). The molecule has 1 saturated heterocycles. The van der Waals surface area contributed by atoms with E-state index >= 15 is 0 Å². The van der Waals surface area contributed by atoms with Gasteiger partial charge in [-0.15, -0.1) is 0 Å². The third kappa shape index (κ3) is 1.72. The molecule has 1 aromatic heterocycles. The van der Waals surface area contributed by atoms with Crippen molar-refractivity contribution in [1.29, 1.82) is 0 Å². The molecule has 3 heterocycles. The molecule has 3 atom stereocenters. The Morgan fingerprint density at radius 2 is 2.20 bits per heavy atom. The molecular weight excluding hydrogens is 252 g/mol. The van der Waals surface area contributed by atoms with Gasteiger partial charge < -0.3 is 14.4 Å². The van der Waals surface area contributed by atoms with E-state index in [4.69, 9.17) is 4.74 Å². The maximum atomic E-state index is 10.5. The fourth-order valence-electron chi connectivity index (χ4n) is 3.55. The maximum absolute atomic E-state index is 10.5. The van der Waals surface area contributed by atoms with E-state index in [2.05, 4.69) is 33.8 Å². The second-order valence-corrected chi connectivity index (χ2v) is 5.67. The quantitative estimate of drug-likeness (QED) is 0.864. The molecule has 104 valence electrons. The molecule has 0 unspecified atom stereocenters. The van der Waals surface area contributed by atoms with Crippen LogP contribution in [-0.2, 0) is 4.74 Å². The van der Waals surface area contributed by atoms with Gasteiger partial charge in [0.1, 0.15) is 0 Å². The Balaban J connectivity index is 1.81. The Kier molecular flexibility index (Phi) is 2.86. The van der Waals surface area contributed by atoms with E-state index in [1.54, 1.807) is 0 Å². The number of aliphatic hydroxyl groups is 1. The predicted octanol–water partition coefficient (Wildman–Crippen LogP) is 2.24. The predicted molar refractivity (Wildman–Crippen MR) is 75.4 cm³/mol. The molecule has 2 aliphatic heterocycles. The minimum Gasteiger partial charge on any atom is -0.393 e. The number of hydrogen-bond donors (Lipinski definition) is 1. The first kappa shape index (κ1) is 12.1. The van der Waals surface area contributed by atoms with Gasteiger partial charge in [0.2, 0.25) is 0 Å². The lowest BCUT2D eigenvalue weighted by Gasteiger charge is -2.28. The van der Waals surface area contributed by atoms with Crippen molar-refractivity contribution in [3.05, 3.63) is 42.4 Å². The van der Waals surface area contributed by atoms with E-state index in [1.807, 2.05) is 12.5 Å². The van der Waals surface area contributed by atoms with Crippen molar-refractivity contribution in [1.82, 2.24) is 9.55 Å². The van der Waals surface area contributed by atoms with Crippen molar-refractivity contribution < 1.29 is 9.84 Å². The van der Waals surface area contributed by atoms with Crippen LogP contribution in [0.1, 0.15) is 24.4 Å². The number of benzene rings is 1. The zero-order valence-corrected chi connectivity index (χ0v) is 11.3. The first-order valence-corrected chi connectivity index (χ1v) is 7.23. The first-order valence-electron chi connectivity index (χ1n) is 7.23. The molecule has 1 fully saturated rings. The SMILES string of the molecule is O[C@H]1CCCOC[C@H]1[C@H]1c2ccccc2-c2cncn21. The summed E-state index contributed by atoms with van der Waals surface area (Å²) in [7, 11) is 0. The van der Waals surface area contributed by atoms with Crippen LogP contribution in [0.5, 0.6) is 0 Å².